The quantitative estimate of drug-likeness (QED) is 0.651. The zero-order valence-electron chi connectivity index (χ0n) is 11.8. The van der Waals surface area contributed by atoms with Gasteiger partial charge in [-0.1, -0.05) is 23.9 Å². The number of carboxylic acids is 1. The van der Waals surface area contributed by atoms with Gasteiger partial charge < -0.3 is 14.4 Å². The number of ether oxygens (including phenoxy) is 1. The molecule has 0 aliphatic heterocycles. The van der Waals surface area contributed by atoms with Gasteiger partial charge in [0, 0.05) is 0 Å². The number of carbonyl (C=O) groups excluding carboxylic acids is 1. The molecule has 1 atom stereocenters. The molecule has 0 amide bonds. The molecular formula is C14H16N2O4S. The fourth-order valence-corrected chi connectivity index (χ4v) is 2.80. The SMILES string of the molecule is CCOC(=O)C(C)n1c(SCC(=O)O)nc2ccccc21. The van der Waals surface area contributed by atoms with Gasteiger partial charge in [0.15, 0.2) is 5.16 Å². The molecule has 2 aromatic rings. The zero-order valence-corrected chi connectivity index (χ0v) is 12.6. The highest BCUT2D eigenvalue weighted by Gasteiger charge is 2.23. The number of esters is 1. The summed E-state index contributed by atoms with van der Waals surface area (Å²) in [6.07, 6.45) is 0. The maximum atomic E-state index is 12.0. The molecule has 0 bridgehead atoms. The van der Waals surface area contributed by atoms with Crippen molar-refractivity contribution in [1.29, 1.82) is 0 Å². The largest absolute Gasteiger partial charge is 0.481 e. The smallest absolute Gasteiger partial charge is 0.328 e. The third kappa shape index (κ3) is 3.36. The van der Waals surface area contributed by atoms with Gasteiger partial charge >= 0.3 is 11.9 Å². The van der Waals surface area contributed by atoms with Gasteiger partial charge in [-0.05, 0) is 26.0 Å². The lowest BCUT2D eigenvalue weighted by molar-refractivity contribution is -0.146. The Morgan fingerprint density at radius 2 is 2.14 bits per heavy atom. The van der Waals surface area contributed by atoms with Gasteiger partial charge in [-0.25, -0.2) is 9.78 Å². The third-order valence-corrected chi connectivity index (χ3v) is 3.84. The molecule has 1 aromatic heterocycles. The third-order valence-electron chi connectivity index (χ3n) is 2.90. The first-order chi connectivity index (χ1) is 10.0. The molecule has 112 valence electrons. The van der Waals surface area contributed by atoms with Crippen LogP contribution in [0.3, 0.4) is 0 Å². The molecule has 1 unspecified atom stereocenters. The number of aromatic nitrogens is 2. The Morgan fingerprint density at radius 3 is 2.81 bits per heavy atom. The van der Waals surface area contributed by atoms with Gasteiger partial charge in [0.1, 0.15) is 6.04 Å². The molecule has 7 heteroatoms. The van der Waals surface area contributed by atoms with Crippen LogP contribution in [0.15, 0.2) is 29.4 Å². The van der Waals surface area contributed by atoms with E-state index < -0.39 is 12.0 Å². The lowest BCUT2D eigenvalue weighted by Gasteiger charge is -2.15. The number of hydrogen-bond donors (Lipinski definition) is 1. The Kier molecular flexibility index (Phi) is 4.85. The second kappa shape index (κ2) is 6.62. The van der Waals surface area contributed by atoms with Crippen LogP contribution in [-0.4, -0.2) is 39.0 Å². The number of fused-ring (bicyclic) bond motifs is 1. The normalized spacial score (nSPS) is 12.3. The molecule has 1 heterocycles. The molecule has 21 heavy (non-hydrogen) atoms. The minimum Gasteiger partial charge on any atom is -0.481 e. The van der Waals surface area contributed by atoms with Gasteiger partial charge in [0.2, 0.25) is 0 Å². The van der Waals surface area contributed by atoms with E-state index in [2.05, 4.69) is 4.98 Å². The lowest BCUT2D eigenvalue weighted by Crippen LogP contribution is -2.20. The van der Waals surface area contributed by atoms with Crippen LogP contribution in [0.5, 0.6) is 0 Å². The molecular weight excluding hydrogens is 292 g/mol. The van der Waals surface area contributed by atoms with Crippen LogP contribution in [0.1, 0.15) is 19.9 Å². The standard InChI is InChI=1S/C14H16N2O4S/c1-3-20-13(19)9(2)16-11-7-5-4-6-10(11)15-14(16)21-8-12(17)18/h4-7,9H,3,8H2,1-2H3,(H,17,18). The summed E-state index contributed by atoms with van der Waals surface area (Å²) in [6.45, 7) is 3.76. The summed E-state index contributed by atoms with van der Waals surface area (Å²) in [6, 6.07) is 6.82. The van der Waals surface area contributed by atoms with E-state index in [4.69, 9.17) is 9.84 Å². The summed E-state index contributed by atoms with van der Waals surface area (Å²) in [5.74, 6) is -1.40. The molecule has 6 nitrogen and oxygen atoms in total. The van der Waals surface area contributed by atoms with Crippen LogP contribution < -0.4 is 0 Å². The van der Waals surface area contributed by atoms with Crippen LogP contribution in [0.2, 0.25) is 0 Å². The van der Waals surface area contributed by atoms with Gasteiger partial charge in [0.25, 0.3) is 0 Å². The Balaban J connectivity index is 2.44. The molecule has 0 saturated carbocycles. The average molecular weight is 308 g/mol. The molecule has 0 fully saturated rings. The highest BCUT2D eigenvalue weighted by atomic mass is 32.2. The van der Waals surface area contributed by atoms with Crippen LogP contribution in [0, 0.1) is 0 Å². The summed E-state index contributed by atoms with van der Waals surface area (Å²) in [4.78, 5) is 27.1. The fourth-order valence-electron chi connectivity index (χ4n) is 1.99. The zero-order chi connectivity index (χ0) is 15.4. The summed E-state index contributed by atoms with van der Waals surface area (Å²) in [5, 5.41) is 9.32. The molecule has 1 aromatic carbocycles. The molecule has 0 spiro atoms. The first-order valence-electron chi connectivity index (χ1n) is 6.52. The molecule has 0 saturated heterocycles. The van der Waals surface area contributed by atoms with Crippen molar-refractivity contribution in [3.05, 3.63) is 24.3 Å². The summed E-state index contributed by atoms with van der Waals surface area (Å²) in [5.41, 5.74) is 1.51. The first kappa shape index (κ1) is 15.4. The fraction of sp³-hybridized carbons (Fsp3) is 0.357. The number of aliphatic carboxylic acids is 1. The van der Waals surface area contributed by atoms with Crippen molar-refractivity contribution in [2.45, 2.75) is 25.0 Å². The van der Waals surface area contributed by atoms with Crippen LogP contribution in [0.25, 0.3) is 11.0 Å². The molecule has 0 aliphatic carbocycles. The monoisotopic (exact) mass is 308 g/mol. The van der Waals surface area contributed by atoms with E-state index in [1.54, 1.807) is 18.4 Å². The van der Waals surface area contributed by atoms with Gasteiger partial charge in [0.05, 0.1) is 23.4 Å². The van der Waals surface area contributed by atoms with Crippen molar-refractivity contribution in [2.75, 3.05) is 12.4 Å². The van der Waals surface area contributed by atoms with Crippen LogP contribution in [-0.2, 0) is 14.3 Å². The molecule has 0 radical (unpaired) electrons. The van der Waals surface area contributed by atoms with Crippen molar-refractivity contribution in [1.82, 2.24) is 9.55 Å². The number of benzene rings is 1. The van der Waals surface area contributed by atoms with Gasteiger partial charge in [-0.3, -0.25) is 4.79 Å². The summed E-state index contributed by atoms with van der Waals surface area (Å²) in [7, 11) is 0. The second-order valence-electron chi connectivity index (χ2n) is 4.36. The molecule has 0 aliphatic rings. The van der Waals surface area contributed by atoms with E-state index in [1.165, 1.54) is 0 Å². The van der Waals surface area contributed by atoms with Crippen molar-refractivity contribution in [3.8, 4) is 0 Å². The highest BCUT2D eigenvalue weighted by molar-refractivity contribution is 7.99. The number of hydrogen-bond acceptors (Lipinski definition) is 5. The summed E-state index contributed by atoms with van der Waals surface area (Å²) >= 11 is 1.09. The number of rotatable bonds is 6. The van der Waals surface area contributed by atoms with Crippen molar-refractivity contribution in [2.24, 2.45) is 0 Å². The van der Waals surface area contributed by atoms with E-state index in [1.807, 2.05) is 24.3 Å². The minimum atomic E-state index is -0.928. The Morgan fingerprint density at radius 1 is 1.43 bits per heavy atom. The van der Waals surface area contributed by atoms with Gasteiger partial charge in [-0.2, -0.15) is 0 Å². The second-order valence-corrected chi connectivity index (χ2v) is 5.31. The Bertz CT molecular complexity index is 668. The van der Waals surface area contributed by atoms with Crippen molar-refractivity contribution in [3.63, 3.8) is 0 Å². The minimum absolute atomic E-state index is 0.112. The number of nitrogens with zero attached hydrogens (tertiary/aromatic N) is 2. The highest BCUT2D eigenvalue weighted by Crippen LogP contribution is 2.28. The Hall–Kier alpha value is -2.02. The number of carbonyl (C=O) groups is 2. The van der Waals surface area contributed by atoms with E-state index in [0.29, 0.717) is 11.8 Å². The lowest BCUT2D eigenvalue weighted by atomic mass is 10.3. The predicted molar refractivity (Wildman–Crippen MR) is 79.4 cm³/mol. The predicted octanol–water partition coefficient (Wildman–Crippen LogP) is 2.34. The number of para-hydroxylation sites is 2. The first-order valence-corrected chi connectivity index (χ1v) is 7.51. The number of imidazole rings is 1. The number of thioether (sulfide) groups is 1. The van der Waals surface area contributed by atoms with Crippen molar-refractivity contribution >= 4 is 34.7 Å². The number of carboxylic acid groups (broad SMARTS) is 1. The van der Waals surface area contributed by atoms with Crippen molar-refractivity contribution < 1.29 is 19.4 Å². The molecule has 2 rings (SSSR count). The average Bonchev–Trinajstić information content (AvgIpc) is 2.82. The van der Waals surface area contributed by atoms with E-state index in [9.17, 15) is 9.59 Å². The van der Waals surface area contributed by atoms with Crippen LogP contribution >= 0.6 is 11.8 Å². The van der Waals surface area contributed by atoms with Crippen LogP contribution in [0.4, 0.5) is 0 Å². The Labute approximate surface area is 126 Å². The molecule has 1 N–H and O–H groups in total. The maximum absolute atomic E-state index is 12.0. The van der Waals surface area contributed by atoms with E-state index in [0.717, 1.165) is 22.8 Å². The summed E-state index contributed by atoms with van der Waals surface area (Å²) < 4.78 is 6.77. The maximum Gasteiger partial charge on any atom is 0.328 e. The topological polar surface area (TPSA) is 81.4 Å². The van der Waals surface area contributed by atoms with Gasteiger partial charge in [-0.15, -0.1) is 0 Å². The van der Waals surface area contributed by atoms with E-state index in [-0.39, 0.29) is 11.7 Å². The van der Waals surface area contributed by atoms with E-state index >= 15 is 0 Å².